The third-order valence-corrected chi connectivity index (χ3v) is 4.60. The SMILES string of the molecule is CC(O)(CN1CCN(C(C)(C)C)CC1)Cn1cc([N+](=O)[O-])nc1Cl. The fourth-order valence-electron chi connectivity index (χ4n) is 3.05. The second-order valence-electron chi connectivity index (χ2n) is 7.68. The van der Waals surface area contributed by atoms with Gasteiger partial charge in [0.2, 0.25) is 0 Å². The van der Waals surface area contributed by atoms with Gasteiger partial charge in [-0.25, -0.2) is 0 Å². The lowest BCUT2D eigenvalue weighted by molar-refractivity contribution is -0.389. The van der Waals surface area contributed by atoms with Gasteiger partial charge in [-0.15, -0.1) is 0 Å². The van der Waals surface area contributed by atoms with Gasteiger partial charge in [-0.05, 0) is 49.2 Å². The monoisotopic (exact) mass is 359 g/mol. The second-order valence-corrected chi connectivity index (χ2v) is 8.02. The van der Waals surface area contributed by atoms with Gasteiger partial charge >= 0.3 is 11.1 Å². The van der Waals surface area contributed by atoms with Crippen molar-refractivity contribution in [2.45, 2.75) is 45.4 Å². The van der Waals surface area contributed by atoms with Crippen LogP contribution in [0.25, 0.3) is 0 Å². The molecule has 1 fully saturated rings. The highest BCUT2D eigenvalue weighted by Crippen LogP contribution is 2.21. The first-order chi connectivity index (χ1) is 11.0. The van der Waals surface area contributed by atoms with Crippen LogP contribution < -0.4 is 0 Å². The van der Waals surface area contributed by atoms with Crippen LogP contribution in [0.3, 0.4) is 0 Å². The Morgan fingerprint density at radius 2 is 1.83 bits per heavy atom. The Morgan fingerprint density at radius 1 is 1.25 bits per heavy atom. The van der Waals surface area contributed by atoms with E-state index >= 15 is 0 Å². The molecule has 1 aliphatic heterocycles. The molecule has 2 rings (SSSR count). The van der Waals surface area contributed by atoms with E-state index in [2.05, 4.69) is 35.6 Å². The summed E-state index contributed by atoms with van der Waals surface area (Å²) in [4.78, 5) is 18.5. The summed E-state index contributed by atoms with van der Waals surface area (Å²) in [5.74, 6) is -0.311. The Hall–Kier alpha value is -1.22. The molecule has 0 aromatic carbocycles. The molecule has 0 radical (unpaired) electrons. The summed E-state index contributed by atoms with van der Waals surface area (Å²) in [5.41, 5.74) is -0.903. The van der Waals surface area contributed by atoms with Crippen molar-refractivity contribution in [2.75, 3.05) is 32.7 Å². The number of rotatable bonds is 5. The zero-order valence-corrected chi connectivity index (χ0v) is 15.5. The summed E-state index contributed by atoms with van der Waals surface area (Å²) in [6.07, 6.45) is 1.26. The van der Waals surface area contributed by atoms with Crippen molar-refractivity contribution in [1.29, 1.82) is 0 Å². The van der Waals surface area contributed by atoms with E-state index in [9.17, 15) is 15.2 Å². The van der Waals surface area contributed by atoms with E-state index in [0.717, 1.165) is 26.2 Å². The average molecular weight is 360 g/mol. The standard InChI is InChI=1S/C15H26ClN5O3/c1-14(2,3)20-7-5-18(6-8-20)10-15(4,22)11-19-9-12(21(23)24)17-13(19)16/h9,22H,5-8,10-11H2,1-4H3. The van der Waals surface area contributed by atoms with E-state index in [1.807, 2.05) is 0 Å². The van der Waals surface area contributed by atoms with E-state index < -0.39 is 10.5 Å². The number of aliphatic hydroxyl groups is 1. The normalized spacial score (nSPS) is 20.1. The maximum atomic E-state index is 10.8. The van der Waals surface area contributed by atoms with Crippen molar-refractivity contribution in [2.24, 2.45) is 0 Å². The molecule has 136 valence electrons. The smallest absolute Gasteiger partial charge is 0.383 e. The summed E-state index contributed by atoms with van der Waals surface area (Å²) in [7, 11) is 0. The number of halogens is 1. The Labute approximate surface area is 147 Å². The molecule has 1 N–H and O–H groups in total. The maximum absolute atomic E-state index is 10.8. The second kappa shape index (κ2) is 6.95. The molecule has 1 aliphatic rings. The molecule has 1 saturated heterocycles. The lowest BCUT2D eigenvalue weighted by Gasteiger charge is -2.43. The zero-order valence-electron chi connectivity index (χ0n) is 14.7. The summed E-state index contributed by atoms with van der Waals surface area (Å²) >= 11 is 5.92. The topological polar surface area (TPSA) is 87.7 Å². The van der Waals surface area contributed by atoms with Gasteiger partial charge in [-0.1, -0.05) is 0 Å². The Balaban J connectivity index is 1.94. The van der Waals surface area contributed by atoms with E-state index in [-0.39, 0.29) is 23.2 Å². The predicted octanol–water partition coefficient (Wildman–Crippen LogP) is 1.61. The summed E-state index contributed by atoms with van der Waals surface area (Å²) < 4.78 is 1.42. The van der Waals surface area contributed by atoms with Crippen LogP contribution in [0.15, 0.2) is 6.20 Å². The van der Waals surface area contributed by atoms with Gasteiger partial charge in [0.05, 0.1) is 12.1 Å². The molecule has 1 aromatic heterocycles. The average Bonchev–Trinajstić information content (AvgIpc) is 2.78. The van der Waals surface area contributed by atoms with Crippen molar-refractivity contribution >= 4 is 17.4 Å². The van der Waals surface area contributed by atoms with Gasteiger partial charge in [-0.3, -0.25) is 14.4 Å². The Morgan fingerprint density at radius 3 is 2.29 bits per heavy atom. The summed E-state index contributed by atoms with van der Waals surface area (Å²) in [6.45, 7) is 12.6. The molecular formula is C15H26ClN5O3. The van der Waals surface area contributed by atoms with Crippen LogP contribution in [0.1, 0.15) is 27.7 Å². The number of nitro groups is 1. The highest BCUT2D eigenvalue weighted by Gasteiger charge is 2.31. The van der Waals surface area contributed by atoms with Crippen LogP contribution in [0.5, 0.6) is 0 Å². The third kappa shape index (κ3) is 4.89. The minimum absolute atomic E-state index is 0.0135. The molecule has 1 aromatic rings. The van der Waals surface area contributed by atoms with Crippen LogP contribution in [0.2, 0.25) is 5.28 Å². The molecule has 0 bridgehead atoms. The van der Waals surface area contributed by atoms with Crippen molar-refractivity contribution in [3.63, 3.8) is 0 Å². The number of hydrogen-bond donors (Lipinski definition) is 1. The molecule has 1 unspecified atom stereocenters. The van der Waals surface area contributed by atoms with Crippen molar-refractivity contribution < 1.29 is 10.0 Å². The number of nitrogens with zero attached hydrogens (tertiary/aromatic N) is 5. The van der Waals surface area contributed by atoms with E-state index in [1.54, 1.807) is 6.92 Å². The number of hydrogen-bond acceptors (Lipinski definition) is 6. The largest absolute Gasteiger partial charge is 0.387 e. The molecule has 8 nitrogen and oxygen atoms in total. The van der Waals surface area contributed by atoms with Crippen molar-refractivity contribution in [3.05, 3.63) is 21.6 Å². The highest BCUT2D eigenvalue weighted by atomic mass is 35.5. The number of β-amino-alcohol motifs (C(OH)–C–C–N with tert-alkyl or cyclic N) is 1. The fraction of sp³-hybridized carbons (Fsp3) is 0.800. The third-order valence-electron chi connectivity index (χ3n) is 4.30. The van der Waals surface area contributed by atoms with E-state index in [4.69, 9.17) is 11.6 Å². The van der Waals surface area contributed by atoms with Crippen molar-refractivity contribution in [1.82, 2.24) is 19.4 Å². The van der Waals surface area contributed by atoms with Gasteiger partial charge in [0.15, 0.2) is 0 Å². The van der Waals surface area contributed by atoms with Gasteiger partial charge in [0.1, 0.15) is 6.20 Å². The molecule has 24 heavy (non-hydrogen) atoms. The highest BCUT2D eigenvalue weighted by molar-refractivity contribution is 6.28. The Kier molecular flexibility index (Phi) is 5.54. The van der Waals surface area contributed by atoms with E-state index in [0.29, 0.717) is 6.54 Å². The molecule has 9 heteroatoms. The van der Waals surface area contributed by atoms with E-state index in [1.165, 1.54) is 10.8 Å². The summed E-state index contributed by atoms with van der Waals surface area (Å²) in [5, 5.41) is 21.5. The van der Waals surface area contributed by atoms with Crippen LogP contribution in [0, 0.1) is 10.1 Å². The molecular weight excluding hydrogens is 334 g/mol. The first-order valence-electron chi connectivity index (χ1n) is 8.05. The molecule has 0 amide bonds. The molecule has 1 atom stereocenters. The first-order valence-corrected chi connectivity index (χ1v) is 8.43. The Bertz CT molecular complexity index is 588. The minimum Gasteiger partial charge on any atom is -0.387 e. The number of aromatic nitrogens is 2. The number of piperazine rings is 1. The van der Waals surface area contributed by atoms with Crippen LogP contribution >= 0.6 is 11.6 Å². The molecule has 2 heterocycles. The van der Waals surface area contributed by atoms with Crippen molar-refractivity contribution in [3.8, 4) is 0 Å². The van der Waals surface area contributed by atoms with Crippen LogP contribution in [0.4, 0.5) is 5.82 Å². The fourth-order valence-corrected chi connectivity index (χ4v) is 3.25. The minimum atomic E-state index is -1.05. The molecule has 0 saturated carbocycles. The first kappa shape index (κ1) is 19.1. The quantitative estimate of drug-likeness (QED) is 0.634. The van der Waals surface area contributed by atoms with Gasteiger partial charge in [0, 0.05) is 38.3 Å². The maximum Gasteiger partial charge on any atom is 0.383 e. The number of imidazole rings is 1. The van der Waals surface area contributed by atoms with Gasteiger partial charge < -0.3 is 15.2 Å². The summed E-state index contributed by atoms with van der Waals surface area (Å²) in [6, 6.07) is 0. The molecule has 0 spiro atoms. The lowest BCUT2D eigenvalue weighted by atomic mass is 10.0. The lowest BCUT2D eigenvalue weighted by Crippen LogP contribution is -2.56. The molecule has 0 aliphatic carbocycles. The zero-order chi connectivity index (χ0) is 18.1. The van der Waals surface area contributed by atoms with Crippen LogP contribution in [-0.4, -0.2) is 73.2 Å². The van der Waals surface area contributed by atoms with Gasteiger partial charge in [0.25, 0.3) is 0 Å². The van der Waals surface area contributed by atoms with Crippen LogP contribution in [-0.2, 0) is 6.54 Å². The predicted molar refractivity (Wildman–Crippen MR) is 92.3 cm³/mol. The van der Waals surface area contributed by atoms with Gasteiger partial charge in [-0.2, -0.15) is 0 Å².